The third-order valence-corrected chi connectivity index (χ3v) is 6.71. The summed E-state index contributed by atoms with van der Waals surface area (Å²) in [5.74, 6) is -0.978. The molecule has 0 heterocycles. The molecule has 3 aromatic rings. The van der Waals surface area contributed by atoms with Crippen molar-refractivity contribution in [1.82, 2.24) is 0 Å². The third kappa shape index (κ3) is 5.99. The minimum atomic E-state index is -3.87. The van der Waals surface area contributed by atoms with Gasteiger partial charge >= 0.3 is 0 Å². The molecule has 3 rings (SSSR count). The molecule has 0 saturated heterocycles. The maximum absolute atomic E-state index is 14.4. The van der Waals surface area contributed by atoms with Gasteiger partial charge in [0.2, 0.25) is 10.0 Å². The summed E-state index contributed by atoms with van der Waals surface area (Å²) in [4.78, 5) is 13.2. The standard InChI is InChI=1S/C23H21BrClFN2O5S/c1-32-21-11-17(23(29)27-19-9-6-15(24)10-18(19)26)20(12-22(21)33-2)28(34(3,30)31)13-14-4-7-16(25)8-5-14/h4-12H,13H2,1-3H3,(H,27,29). The normalized spacial score (nSPS) is 11.1. The van der Waals surface area contributed by atoms with E-state index in [1.54, 1.807) is 30.3 Å². The van der Waals surface area contributed by atoms with Gasteiger partial charge in [0.15, 0.2) is 11.5 Å². The van der Waals surface area contributed by atoms with Crippen LogP contribution in [0.25, 0.3) is 0 Å². The largest absolute Gasteiger partial charge is 0.493 e. The number of methoxy groups -OCH3 is 2. The molecule has 1 amide bonds. The number of amides is 1. The predicted octanol–water partition coefficient (Wildman–Crippen LogP) is 5.48. The molecule has 34 heavy (non-hydrogen) atoms. The Labute approximate surface area is 210 Å². The van der Waals surface area contributed by atoms with Crippen molar-refractivity contribution in [2.24, 2.45) is 0 Å². The molecule has 180 valence electrons. The Morgan fingerprint density at radius 1 is 1.06 bits per heavy atom. The van der Waals surface area contributed by atoms with E-state index in [1.807, 2.05) is 0 Å². The van der Waals surface area contributed by atoms with Gasteiger partial charge in [-0.2, -0.15) is 0 Å². The molecule has 7 nitrogen and oxygen atoms in total. The highest BCUT2D eigenvalue weighted by molar-refractivity contribution is 9.10. The Morgan fingerprint density at radius 2 is 1.68 bits per heavy atom. The van der Waals surface area contributed by atoms with Gasteiger partial charge in [0, 0.05) is 15.6 Å². The Hall–Kier alpha value is -2.82. The van der Waals surface area contributed by atoms with Gasteiger partial charge in [-0.05, 0) is 42.0 Å². The summed E-state index contributed by atoms with van der Waals surface area (Å²) in [5.41, 5.74) is 0.539. The zero-order valence-corrected chi connectivity index (χ0v) is 21.6. The van der Waals surface area contributed by atoms with Crippen LogP contribution in [0.2, 0.25) is 5.02 Å². The maximum atomic E-state index is 14.4. The first kappa shape index (κ1) is 25.8. The summed E-state index contributed by atoms with van der Waals surface area (Å²) >= 11 is 9.11. The smallest absolute Gasteiger partial charge is 0.258 e. The van der Waals surface area contributed by atoms with E-state index < -0.39 is 21.7 Å². The van der Waals surface area contributed by atoms with E-state index >= 15 is 0 Å². The van der Waals surface area contributed by atoms with Crippen LogP contribution in [0.1, 0.15) is 15.9 Å². The van der Waals surface area contributed by atoms with Crippen LogP contribution in [-0.2, 0) is 16.6 Å². The molecule has 0 fully saturated rings. The van der Waals surface area contributed by atoms with Crippen LogP contribution in [0.5, 0.6) is 11.5 Å². The lowest BCUT2D eigenvalue weighted by atomic mass is 10.1. The number of carbonyl (C=O) groups excluding carboxylic acids is 1. The Balaban J connectivity index is 2.14. The average molecular weight is 572 g/mol. The van der Waals surface area contributed by atoms with E-state index in [2.05, 4.69) is 21.2 Å². The molecule has 0 bridgehead atoms. The number of sulfonamides is 1. The van der Waals surface area contributed by atoms with Crippen LogP contribution in [-0.4, -0.2) is 34.8 Å². The fraction of sp³-hybridized carbons (Fsp3) is 0.174. The number of hydrogen-bond donors (Lipinski definition) is 1. The van der Waals surface area contributed by atoms with Crippen molar-refractivity contribution < 1.29 is 27.1 Å². The highest BCUT2D eigenvalue weighted by atomic mass is 79.9. The lowest BCUT2D eigenvalue weighted by Crippen LogP contribution is -2.31. The number of nitrogens with one attached hydrogen (secondary N) is 1. The number of benzene rings is 3. The molecular weight excluding hydrogens is 551 g/mol. The second kappa shape index (κ2) is 10.6. The lowest BCUT2D eigenvalue weighted by molar-refractivity contribution is 0.102. The van der Waals surface area contributed by atoms with Gasteiger partial charge in [-0.15, -0.1) is 0 Å². The van der Waals surface area contributed by atoms with Gasteiger partial charge in [0.25, 0.3) is 5.91 Å². The van der Waals surface area contributed by atoms with Crippen molar-refractivity contribution in [2.45, 2.75) is 6.54 Å². The zero-order chi connectivity index (χ0) is 25.0. The highest BCUT2D eigenvalue weighted by Gasteiger charge is 2.27. The van der Waals surface area contributed by atoms with Crippen molar-refractivity contribution in [2.75, 3.05) is 30.1 Å². The quantitative estimate of drug-likeness (QED) is 0.387. The van der Waals surface area contributed by atoms with Crippen LogP contribution in [0.4, 0.5) is 15.8 Å². The summed E-state index contributed by atoms with van der Waals surface area (Å²) in [6, 6.07) is 13.5. The first-order chi connectivity index (χ1) is 16.0. The molecule has 0 atom stereocenters. The lowest BCUT2D eigenvalue weighted by Gasteiger charge is -2.26. The van der Waals surface area contributed by atoms with Gasteiger partial charge in [0.1, 0.15) is 5.82 Å². The Bertz CT molecular complexity index is 1320. The first-order valence-corrected chi connectivity index (χ1v) is 12.8. The molecule has 0 saturated carbocycles. The molecule has 0 spiro atoms. The van der Waals surface area contributed by atoms with E-state index in [0.29, 0.717) is 15.1 Å². The van der Waals surface area contributed by atoms with Crippen molar-refractivity contribution in [1.29, 1.82) is 0 Å². The third-order valence-electron chi connectivity index (χ3n) is 4.83. The summed E-state index contributed by atoms with van der Waals surface area (Å²) in [5, 5.41) is 2.99. The number of ether oxygens (including phenoxy) is 2. The molecule has 0 aliphatic heterocycles. The highest BCUT2D eigenvalue weighted by Crippen LogP contribution is 2.37. The Morgan fingerprint density at radius 3 is 2.24 bits per heavy atom. The molecule has 0 aliphatic rings. The van der Waals surface area contributed by atoms with Crippen molar-refractivity contribution >= 4 is 54.8 Å². The summed E-state index contributed by atoms with van der Waals surface area (Å²) in [6.07, 6.45) is 1.02. The molecule has 0 aromatic heterocycles. The number of rotatable bonds is 8. The second-order valence-electron chi connectivity index (χ2n) is 7.20. The van der Waals surface area contributed by atoms with Gasteiger partial charge in [0.05, 0.1) is 44.0 Å². The minimum absolute atomic E-state index is 0.0325. The van der Waals surface area contributed by atoms with Crippen LogP contribution in [0.3, 0.4) is 0 Å². The van der Waals surface area contributed by atoms with Crippen LogP contribution in [0.15, 0.2) is 59.1 Å². The number of anilines is 2. The number of carbonyl (C=O) groups is 1. The Kier molecular flexibility index (Phi) is 8.06. The SMILES string of the molecule is COc1cc(C(=O)Nc2ccc(Br)cc2F)c(N(Cc2ccc(Cl)cc2)S(C)(=O)=O)cc1OC. The van der Waals surface area contributed by atoms with Crippen LogP contribution < -0.4 is 19.1 Å². The van der Waals surface area contributed by atoms with Gasteiger partial charge in [-0.25, -0.2) is 12.8 Å². The molecule has 3 aromatic carbocycles. The molecule has 0 unspecified atom stereocenters. The van der Waals surface area contributed by atoms with E-state index in [0.717, 1.165) is 10.6 Å². The van der Waals surface area contributed by atoms with Crippen molar-refractivity contribution in [3.63, 3.8) is 0 Å². The molecule has 11 heteroatoms. The zero-order valence-electron chi connectivity index (χ0n) is 18.4. The molecule has 0 aliphatic carbocycles. The minimum Gasteiger partial charge on any atom is -0.493 e. The summed E-state index contributed by atoms with van der Waals surface area (Å²) < 4.78 is 52.2. The monoisotopic (exact) mass is 570 g/mol. The van der Waals surface area contributed by atoms with Crippen LogP contribution in [0, 0.1) is 5.82 Å². The molecule has 1 N–H and O–H groups in total. The number of nitrogens with zero attached hydrogens (tertiary/aromatic N) is 1. The fourth-order valence-electron chi connectivity index (χ4n) is 3.17. The maximum Gasteiger partial charge on any atom is 0.258 e. The van der Waals surface area contributed by atoms with E-state index in [9.17, 15) is 17.6 Å². The van der Waals surface area contributed by atoms with Crippen molar-refractivity contribution in [3.8, 4) is 11.5 Å². The topological polar surface area (TPSA) is 84.9 Å². The van der Waals surface area contributed by atoms with Gasteiger partial charge in [-0.1, -0.05) is 39.7 Å². The van der Waals surface area contributed by atoms with E-state index in [-0.39, 0.29) is 35.0 Å². The number of hydrogen-bond acceptors (Lipinski definition) is 5. The second-order valence-corrected chi connectivity index (χ2v) is 10.5. The molecular formula is C23H21BrClFN2O5S. The predicted molar refractivity (Wildman–Crippen MR) is 134 cm³/mol. The first-order valence-electron chi connectivity index (χ1n) is 9.78. The fourth-order valence-corrected chi connectivity index (χ4v) is 4.52. The van der Waals surface area contributed by atoms with Gasteiger partial charge in [-0.3, -0.25) is 9.10 Å². The van der Waals surface area contributed by atoms with Crippen molar-refractivity contribution in [3.05, 3.63) is 81.0 Å². The van der Waals surface area contributed by atoms with Gasteiger partial charge < -0.3 is 14.8 Å². The van der Waals surface area contributed by atoms with E-state index in [4.69, 9.17) is 21.1 Å². The summed E-state index contributed by atoms with van der Waals surface area (Å²) in [7, 11) is -1.09. The number of halogens is 3. The molecule has 0 radical (unpaired) electrons. The van der Waals surface area contributed by atoms with Crippen LogP contribution >= 0.6 is 27.5 Å². The summed E-state index contributed by atoms with van der Waals surface area (Å²) in [6.45, 7) is -0.0849. The average Bonchev–Trinajstić information content (AvgIpc) is 2.78. The van der Waals surface area contributed by atoms with E-state index in [1.165, 1.54) is 38.5 Å².